The van der Waals surface area contributed by atoms with Crippen molar-refractivity contribution >= 4 is 5.78 Å². The normalized spacial score (nSPS) is 15.1. The Labute approximate surface area is 215 Å². The van der Waals surface area contributed by atoms with Crippen LogP contribution in [-0.2, 0) is 6.42 Å². The SMILES string of the molecule is CCCCCCCCOc1cnc(C2CCc3cc(OCCCCCCCC)nc(F)c3C2=O)nc1. The molecule has 198 valence electrons. The standard InChI is InChI=1S/C29H42FN3O3/c1-3-5-7-9-11-13-17-35-23-20-31-29(32-21-23)24-16-15-22-19-25(33-28(30)26(22)27(24)34)36-18-14-12-10-8-6-4-2/h19-21,24H,3-18H2,1-2H3. The van der Waals surface area contributed by atoms with E-state index in [1.54, 1.807) is 18.5 Å². The van der Waals surface area contributed by atoms with Gasteiger partial charge in [-0.05, 0) is 31.2 Å². The Morgan fingerprint density at radius 2 is 1.44 bits per heavy atom. The van der Waals surface area contributed by atoms with Crippen LogP contribution >= 0.6 is 0 Å². The van der Waals surface area contributed by atoms with Crippen LogP contribution in [0.15, 0.2) is 18.5 Å². The van der Waals surface area contributed by atoms with Crippen molar-refractivity contribution in [3.63, 3.8) is 0 Å². The fraction of sp³-hybridized carbons (Fsp3) is 0.655. The number of carbonyl (C=O) groups is 1. The number of aryl methyl sites for hydroxylation is 1. The Bertz CT molecular complexity index is 936. The van der Waals surface area contributed by atoms with E-state index in [2.05, 4.69) is 28.8 Å². The quantitative estimate of drug-likeness (QED) is 0.167. The van der Waals surface area contributed by atoms with E-state index in [9.17, 15) is 9.18 Å². The molecule has 0 saturated heterocycles. The van der Waals surface area contributed by atoms with Gasteiger partial charge in [0.05, 0.1) is 37.1 Å². The molecule has 6 nitrogen and oxygen atoms in total. The molecule has 1 aliphatic carbocycles. The van der Waals surface area contributed by atoms with Gasteiger partial charge in [-0.15, -0.1) is 0 Å². The molecule has 7 heteroatoms. The maximum atomic E-state index is 14.8. The highest BCUT2D eigenvalue weighted by atomic mass is 19.1. The maximum absolute atomic E-state index is 14.8. The van der Waals surface area contributed by atoms with Crippen molar-refractivity contribution in [1.29, 1.82) is 0 Å². The first-order valence-corrected chi connectivity index (χ1v) is 13.9. The lowest BCUT2D eigenvalue weighted by atomic mass is 9.83. The molecule has 0 saturated carbocycles. The van der Waals surface area contributed by atoms with Crippen molar-refractivity contribution in [2.24, 2.45) is 0 Å². The molecule has 0 spiro atoms. The lowest BCUT2D eigenvalue weighted by Gasteiger charge is -2.23. The fourth-order valence-corrected chi connectivity index (χ4v) is 4.63. The summed E-state index contributed by atoms with van der Waals surface area (Å²) in [5, 5.41) is 0. The van der Waals surface area contributed by atoms with Crippen molar-refractivity contribution in [1.82, 2.24) is 15.0 Å². The minimum Gasteiger partial charge on any atom is -0.490 e. The minimum atomic E-state index is -0.765. The molecule has 2 aromatic heterocycles. The summed E-state index contributed by atoms with van der Waals surface area (Å²) < 4.78 is 26.3. The van der Waals surface area contributed by atoms with Crippen LogP contribution in [0.3, 0.4) is 0 Å². The molecule has 1 atom stereocenters. The number of aromatic nitrogens is 3. The first kappa shape index (κ1) is 28.0. The summed E-state index contributed by atoms with van der Waals surface area (Å²) >= 11 is 0. The highest BCUT2D eigenvalue weighted by Gasteiger charge is 2.34. The van der Waals surface area contributed by atoms with Crippen LogP contribution in [0.25, 0.3) is 0 Å². The molecular weight excluding hydrogens is 457 g/mol. The van der Waals surface area contributed by atoms with Crippen LogP contribution in [0.1, 0.15) is 125 Å². The molecule has 2 heterocycles. The molecule has 0 N–H and O–H groups in total. The number of rotatable bonds is 17. The van der Waals surface area contributed by atoms with Gasteiger partial charge in [-0.3, -0.25) is 4.79 Å². The van der Waals surface area contributed by atoms with Gasteiger partial charge in [0.1, 0.15) is 5.82 Å². The van der Waals surface area contributed by atoms with E-state index in [0.717, 1.165) is 25.7 Å². The maximum Gasteiger partial charge on any atom is 0.227 e. The first-order chi connectivity index (χ1) is 17.6. The van der Waals surface area contributed by atoms with Gasteiger partial charge in [-0.2, -0.15) is 9.37 Å². The second-order valence-electron chi connectivity index (χ2n) is 9.75. The number of pyridine rings is 1. The number of unbranched alkanes of at least 4 members (excludes halogenated alkanes) is 10. The van der Waals surface area contributed by atoms with E-state index in [1.807, 2.05) is 0 Å². The molecular formula is C29H42FN3O3. The lowest BCUT2D eigenvalue weighted by molar-refractivity contribution is 0.0936. The number of halogens is 1. The van der Waals surface area contributed by atoms with E-state index < -0.39 is 11.9 Å². The van der Waals surface area contributed by atoms with Gasteiger partial charge >= 0.3 is 0 Å². The lowest BCUT2D eigenvalue weighted by Crippen LogP contribution is -2.25. The number of ketones is 1. The van der Waals surface area contributed by atoms with Crippen LogP contribution in [0.5, 0.6) is 11.6 Å². The third-order valence-corrected chi connectivity index (χ3v) is 6.77. The summed E-state index contributed by atoms with van der Waals surface area (Å²) in [4.78, 5) is 25.8. The second-order valence-corrected chi connectivity index (χ2v) is 9.75. The molecule has 0 fully saturated rings. The van der Waals surface area contributed by atoms with Gasteiger partial charge in [0.2, 0.25) is 11.8 Å². The predicted molar refractivity (Wildman–Crippen MR) is 139 cm³/mol. The smallest absolute Gasteiger partial charge is 0.227 e. The van der Waals surface area contributed by atoms with E-state index in [-0.39, 0.29) is 17.2 Å². The average Bonchev–Trinajstić information content (AvgIpc) is 2.88. The summed E-state index contributed by atoms with van der Waals surface area (Å²) in [6.45, 7) is 5.55. The third-order valence-electron chi connectivity index (χ3n) is 6.77. The van der Waals surface area contributed by atoms with Gasteiger partial charge < -0.3 is 9.47 Å². The predicted octanol–water partition coefficient (Wildman–Crippen LogP) is 7.40. The molecule has 0 aromatic carbocycles. The van der Waals surface area contributed by atoms with E-state index in [4.69, 9.17) is 9.47 Å². The number of Topliss-reactive ketones (excluding diaryl/α,β-unsaturated/α-hetero) is 1. The summed E-state index contributed by atoms with van der Waals surface area (Å²) in [6, 6.07) is 1.71. The number of hydrogen-bond donors (Lipinski definition) is 0. The van der Waals surface area contributed by atoms with Crippen molar-refractivity contribution in [3.05, 3.63) is 41.4 Å². The largest absolute Gasteiger partial charge is 0.490 e. The zero-order valence-corrected chi connectivity index (χ0v) is 22.1. The Kier molecular flexibility index (Phi) is 12.1. The van der Waals surface area contributed by atoms with E-state index in [1.165, 1.54) is 51.4 Å². The first-order valence-electron chi connectivity index (χ1n) is 13.9. The van der Waals surface area contributed by atoms with Crippen LogP contribution in [0, 0.1) is 5.95 Å². The highest BCUT2D eigenvalue weighted by molar-refractivity contribution is 6.02. The average molecular weight is 500 g/mol. The zero-order chi connectivity index (χ0) is 25.6. The zero-order valence-electron chi connectivity index (χ0n) is 22.1. The van der Waals surface area contributed by atoms with Gasteiger partial charge in [0, 0.05) is 6.07 Å². The molecule has 1 unspecified atom stereocenters. The van der Waals surface area contributed by atoms with Crippen LogP contribution in [0.2, 0.25) is 0 Å². The third kappa shape index (κ3) is 8.52. The number of fused-ring (bicyclic) bond motifs is 1. The number of nitrogens with zero attached hydrogens (tertiary/aromatic N) is 3. The number of ether oxygens (including phenoxy) is 2. The summed E-state index contributed by atoms with van der Waals surface area (Å²) in [5.74, 6) is -0.398. The minimum absolute atomic E-state index is 0.0464. The molecule has 0 bridgehead atoms. The summed E-state index contributed by atoms with van der Waals surface area (Å²) in [5.41, 5.74) is 0.700. The monoisotopic (exact) mass is 499 g/mol. The fourth-order valence-electron chi connectivity index (χ4n) is 4.63. The van der Waals surface area contributed by atoms with Crippen LogP contribution in [-0.4, -0.2) is 33.9 Å². The summed E-state index contributed by atoms with van der Waals surface area (Å²) in [6.07, 6.45) is 18.4. The van der Waals surface area contributed by atoms with Crippen molar-refractivity contribution in [3.8, 4) is 11.6 Å². The van der Waals surface area contributed by atoms with Crippen molar-refractivity contribution in [2.45, 2.75) is 110 Å². The van der Waals surface area contributed by atoms with Crippen LogP contribution < -0.4 is 9.47 Å². The van der Waals surface area contributed by atoms with Crippen molar-refractivity contribution in [2.75, 3.05) is 13.2 Å². The molecule has 2 aromatic rings. The van der Waals surface area contributed by atoms with Gasteiger partial charge in [-0.25, -0.2) is 9.97 Å². The topological polar surface area (TPSA) is 74.2 Å². The molecule has 0 aliphatic heterocycles. The number of hydrogen-bond acceptors (Lipinski definition) is 6. The molecule has 0 amide bonds. The van der Waals surface area contributed by atoms with E-state index >= 15 is 0 Å². The van der Waals surface area contributed by atoms with Crippen LogP contribution in [0.4, 0.5) is 4.39 Å². The molecule has 1 aliphatic rings. The van der Waals surface area contributed by atoms with Crippen molar-refractivity contribution < 1.29 is 18.7 Å². The van der Waals surface area contributed by atoms with Gasteiger partial charge in [0.15, 0.2) is 11.5 Å². The Balaban J connectivity index is 1.49. The molecule has 3 rings (SSSR count). The second kappa shape index (κ2) is 15.5. The van der Waals surface area contributed by atoms with Gasteiger partial charge in [0.25, 0.3) is 0 Å². The number of carbonyl (C=O) groups excluding carboxylic acids is 1. The Morgan fingerprint density at radius 3 is 2.08 bits per heavy atom. The summed E-state index contributed by atoms with van der Waals surface area (Å²) in [7, 11) is 0. The Morgan fingerprint density at radius 1 is 0.861 bits per heavy atom. The Hall–Kier alpha value is -2.57. The van der Waals surface area contributed by atoms with E-state index in [0.29, 0.717) is 43.2 Å². The molecule has 36 heavy (non-hydrogen) atoms. The van der Waals surface area contributed by atoms with Gasteiger partial charge in [-0.1, -0.05) is 78.1 Å². The molecule has 0 radical (unpaired) electrons. The highest BCUT2D eigenvalue weighted by Crippen LogP contribution is 2.34.